The van der Waals surface area contributed by atoms with Crippen molar-refractivity contribution in [1.29, 1.82) is 0 Å². The van der Waals surface area contributed by atoms with Crippen LogP contribution in [0.25, 0.3) is 0 Å². The summed E-state index contributed by atoms with van der Waals surface area (Å²) in [6, 6.07) is 0. The van der Waals surface area contributed by atoms with Gasteiger partial charge in [-0.1, -0.05) is 37.3 Å². The van der Waals surface area contributed by atoms with Gasteiger partial charge in [0, 0.05) is 11.8 Å². The van der Waals surface area contributed by atoms with Gasteiger partial charge in [-0.15, -0.1) is 0 Å². The largest absolute Gasteiger partial charge is 0.506 e. The Morgan fingerprint density at radius 2 is 2.23 bits per heavy atom. The molecule has 0 saturated carbocycles. The second kappa shape index (κ2) is 7.92. The van der Waals surface area contributed by atoms with Crippen LogP contribution in [0.2, 0.25) is 0 Å². The minimum absolute atomic E-state index is 0.170. The van der Waals surface area contributed by atoms with Gasteiger partial charge in [0.15, 0.2) is 6.29 Å². The van der Waals surface area contributed by atoms with Gasteiger partial charge >= 0.3 is 0 Å². The van der Waals surface area contributed by atoms with Gasteiger partial charge in [-0.2, -0.15) is 0 Å². The molecule has 1 N–H and O–H groups in total. The van der Waals surface area contributed by atoms with Crippen molar-refractivity contribution in [3.8, 4) is 5.75 Å². The van der Waals surface area contributed by atoms with Crippen molar-refractivity contribution in [2.45, 2.75) is 40.1 Å². The van der Waals surface area contributed by atoms with Crippen molar-refractivity contribution in [3.63, 3.8) is 0 Å². The second-order valence-corrected chi connectivity index (χ2v) is 5.11. The number of rotatable bonds is 6. The lowest BCUT2D eigenvalue weighted by molar-refractivity contribution is -0.130. The summed E-state index contributed by atoms with van der Waals surface area (Å²) in [5.74, 6) is 0.170. The fraction of sp³-hybridized carbons (Fsp3) is 0.389. The van der Waals surface area contributed by atoms with E-state index >= 15 is 0 Å². The van der Waals surface area contributed by atoms with Crippen LogP contribution >= 0.6 is 0 Å². The lowest BCUT2D eigenvalue weighted by Gasteiger charge is -2.13. The van der Waals surface area contributed by atoms with Gasteiger partial charge in [0.25, 0.3) is 0 Å². The maximum Gasteiger partial charge on any atom is 0.188 e. The average Bonchev–Trinajstić information content (AvgIpc) is 2.94. The molecule has 0 aromatic carbocycles. The molecule has 0 fully saturated rings. The van der Waals surface area contributed by atoms with Gasteiger partial charge in [-0.3, -0.25) is 4.98 Å². The Kier molecular flexibility index (Phi) is 5.92. The van der Waals surface area contributed by atoms with Crippen LogP contribution in [0, 0.1) is 6.92 Å². The average molecular weight is 301 g/mol. The summed E-state index contributed by atoms with van der Waals surface area (Å²) in [6.45, 7) is 6.72. The molecule has 1 aromatic heterocycles. The molecule has 1 aliphatic heterocycles. The molecule has 0 bridgehead atoms. The molecule has 4 heteroatoms. The van der Waals surface area contributed by atoms with Crippen LogP contribution < -0.4 is 0 Å². The number of ether oxygens (including phenoxy) is 2. The molecule has 2 heterocycles. The Morgan fingerprint density at radius 3 is 2.95 bits per heavy atom. The van der Waals surface area contributed by atoms with E-state index < -0.39 is 6.29 Å². The first-order valence-electron chi connectivity index (χ1n) is 7.57. The number of aryl methyl sites for hydroxylation is 1. The molecule has 1 atom stereocenters. The lowest BCUT2D eigenvalue weighted by Crippen LogP contribution is -2.03. The molecule has 0 radical (unpaired) electrons. The fourth-order valence-corrected chi connectivity index (χ4v) is 2.24. The van der Waals surface area contributed by atoms with Gasteiger partial charge in [-0.05, 0) is 25.8 Å². The predicted octanol–water partition coefficient (Wildman–Crippen LogP) is 4.11. The summed E-state index contributed by atoms with van der Waals surface area (Å²) in [5.41, 5.74) is 3.32. The van der Waals surface area contributed by atoms with Crippen LogP contribution in [-0.4, -0.2) is 16.7 Å². The van der Waals surface area contributed by atoms with Crippen LogP contribution in [0.3, 0.4) is 0 Å². The van der Waals surface area contributed by atoms with Gasteiger partial charge in [0.2, 0.25) is 0 Å². The van der Waals surface area contributed by atoms with E-state index in [1.807, 2.05) is 25.2 Å². The highest BCUT2D eigenvalue weighted by Crippen LogP contribution is 2.38. The third kappa shape index (κ3) is 3.84. The van der Waals surface area contributed by atoms with Crippen molar-refractivity contribution in [2.24, 2.45) is 0 Å². The summed E-state index contributed by atoms with van der Waals surface area (Å²) in [7, 11) is 0. The zero-order valence-electron chi connectivity index (χ0n) is 13.4. The van der Waals surface area contributed by atoms with Crippen LogP contribution in [0.4, 0.5) is 0 Å². The normalized spacial score (nSPS) is 18.5. The summed E-state index contributed by atoms with van der Waals surface area (Å²) < 4.78 is 11.3. The third-order valence-electron chi connectivity index (χ3n) is 3.52. The Labute approximate surface area is 131 Å². The zero-order valence-corrected chi connectivity index (χ0v) is 13.4. The molecule has 22 heavy (non-hydrogen) atoms. The number of fused-ring (bicyclic) bond motifs is 1. The molecule has 0 saturated heterocycles. The van der Waals surface area contributed by atoms with Crippen molar-refractivity contribution in [2.75, 3.05) is 6.61 Å². The van der Waals surface area contributed by atoms with Crippen LogP contribution in [0.15, 0.2) is 42.2 Å². The SMILES string of the molecule is C/C=C(\C=C/CC)/C=C/COC1OCc2cnc(C)c(O)c21. The molecule has 2 rings (SSSR count). The smallest absolute Gasteiger partial charge is 0.188 e. The molecule has 0 aliphatic carbocycles. The maximum atomic E-state index is 10.1. The number of allylic oxidation sites excluding steroid dienone is 5. The third-order valence-corrected chi connectivity index (χ3v) is 3.52. The van der Waals surface area contributed by atoms with Crippen LogP contribution in [0.5, 0.6) is 5.75 Å². The minimum Gasteiger partial charge on any atom is -0.506 e. The number of aromatic hydroxyl groups is 1. The standard InChI is InChI=1S/C18H23NO3/c1-4-6-8-14(5-2)9-7-10-21-18-16-15(12-22-18)11-19-13(3)17(16)20/h5-9,11,18,20H,4,10,12H2,1-3H3/b8-6-,9-7+,14-5+. The Hall–Kier alpha value is -1.91. The maximum absolute atomic E-state index is 10.1. The van der Waals surface area contributed by atoms with Gasteiger partial charge < -0.3 is 14.6 Å². The first kappa shape index (κ1) is 16.5. The molecule has 1 aliphatic rings. The predicted molar refractivity (Wildman–Crippen MR) is 86.4 cm³/mol. The minimum atomic E-state index is -0.526. The Balaban J connectivity index is 1.95. The van der Waals surface area contributed by atoms with E-state index in [0.717, 1.165) is 17.6 Å². The number of aromatic nitrogens is 1. The van der Waals surface area contributed by atoms with Crippen molar-refractivity contribution >= 4 is 0 Å². The summed E-state index contributed by atoms with van der Waals surface area (Å²) in [5, 5.41) is 10.1. The van der Waals surface area contributed by atoms with Gasteiger partial charge in [-0.25, -0.2) is 0 Å². The van der Waals surface area contributed by atoms with Crippen molar-refractivity contribution in [3.05, 3.63) is 59.0 Å². The van der Waals surface area contributed by atoms with E-state index in [-0.39, 0.29) is 5.75 Å². The first-order valence-corrected chi connectivity index (χ1v) is 7.57. The molecule has 0 amide bonds. The summed E-state index contributed by atoms with van der Waals surface area (Å²) in [4.78, 5) is 4.13. The lowest BCUT2D eigenvalue weighted by atomic mass is 10.1. The molecule has 1 aromatic rings. The van der Waals surface area contributed by atoms with Gasteiger partial charge in [0.05, 0.1) is 24.5 Å². The summed E-state index contributed by atoms with van der Waals surface area (Å²) >= 11 is 0. The van der Waals surface area contributed by atoms with E-state index in [0.29, 0.717) is 24.5 Å². The summed E-state index contributed by atoms with van der Waals surface area (Å²) in [6.07, 6.45) is 12.4. The highest BCUT2D eigenvalue weighted by Gasteiger charge is 2.28. The molecule has 0 spiro atoms. The topological polar surface area (TPSA) is 51.6 Å². The van der Waals surface area contributed by atoms with Crippen molar-refractivity contribution in [1.82, 2.24) is 4.98 Å². The molecule has 1 unspecified atom stereocenters. The monoisotopic (exact) mass is 301 g/mol. The zero-order chi connectivity index (χ0) is 15.9. The van der Waals surface area contributed by atoms with E-state index in [1.54, 1.807) is 13.1 Å². The number of pyridine rings is 1. The molecule has 118 valence electrons. The first-order chi connectivity index (χ1) is 10.7. The molecule has 4 nitrogen and oxygen atoms in total. The van der Waals surface area contributed by atoms with Gasteiger partial charge in [0.1, 0.15) is 5.75 Å². The number of hydrogen-bond acceptors (Lipinski definition) is 4. The second-order valence-electron chi connectivity index (χ2n) is 5.11. The Morgan fingerprint density at radius 1 is 1.45 bits per heavy atom. The van der Waals surface area contributed by atoms with E-state index in [2.05, 4.69) is 24.1 Å². The molecular weight excluding hydrogens is 278 g/mol. The molecular formula is C18H23NO3. The van der Waals surface area contributed by atoms with Crippen LogP contribution in [-0.2, 0) is 16.1 Å². The van der Waals surface area contributed by atoms with E-state index in [1.165, 1.54) is 0 Å². The number of hydrogen-bond donors (Lipinski definition) is 1. The van der Waals surface area contributed by atoms with E-state index in [9.17, 15) is 5.11 Å². The fourth-order valence-electron chi connectivity index (χ4n) is 2.24. The highest BCUT2D eigenvalue weighted by atomic mass is 16.7. The van der Waals surface area contributed by atoms with Crippen molar-refractivity contribution < 1.29 is 14.6 Å². The van der Waals surface area contributed by atoms with Crippen LogP contribution in [0.1, 0.15) is 43.4 Å². The van der Waals surface area contributed by atoms with E-state index in [4.69, 9.17) is 9.47 Å². The highest BCUT2D eigenvalue weighted by molar-refractivity contribution is 5.43. The quantitative estimate of drug-likeness (QED) is 0.803. The number of nitrogens with zero attached hydrogens (tertiary/aromatic N) is 1. The Bertz CT molecular complexity index is 603.